The summed E-state index contributed by atoms with van der Waals surface area (Å²) >= 11 is 0. The summed E-state index contributed by atoms with van der Waals surface area (Å²) in [5, 5.41) is 22.4. The van der Waals surface area contributed by atoms with Crippen LogP contribution in [0.2, 0.25) is 0 Å². The van der Waals surface area contributed by atoms with Gasteiger partial charge in [0.1, 0.15) is 23.7 Å². The minimum atomic E-state index is -2.40. The first-order valence-electron chi connectivity index (χ1n) is 24.2. The van der Waals surface area contributed by atoms with Crippen LogP contribution in [0.4, 0.5) is 0 Å². The zero-order chi connectivity index (χ0) is 47.5. The van der Waals surface area contributed by atoms with Crippen LogP contribution in [-0.4, -0.2) is 107 Å². The lowest BCUT2D eigenvalue weighted by molar-refractivity contribution is -0.265. The molecule has 15 atom stereocenters. The fraction of sp³-hybridized carbons (Fsp3) is 0.750. The van der Waals surface area contributed by atoms with E-state index in [1.165, 1.54) is 4.90 Å². The molecule has 0 aromatic carbocycles. The number of ether oxygens (including phenoxy) is 4. The van der Waals surface area contributed by atoms with E-state index in [1.54, 1.807) is 21.1 Å². The summed E-state index contributed by atoms with van der Waals surface area (Å²) < 4.78 is 23.9. The molecule has 2 saturated heterocycles. The lowest BCUT2D eigenvalue weighted by atomic mass is 9.78. The van der Waals surface area contributed by atoms with E-state index in [4.69, 9.17) is 18.9 Å². The van der Waals surface area contributed by atoms with Gasteiger partial charge in [0.2, 0.25) is 5.79 Å². The number of hydrogen-bond donors (Lipinski definition) is 2. The quantitative estimate of drug-likeness (QED) is 0.156. The topological polar surface area (TPSA) is 166 Å². The fourth-order valence-electron chi connectivity index (χ4n) is 10.3. The molecule has 64 heavy (non-hydrogen) atoms. The number of esters is 1. The minimum absolute atomic E-state index is 0.0649. The average molecular weight is 896 g/mol. The highest BCUT2D eigenvalue weighted by atomic mass is 16.6. The van der Waals surface area contributed by atoms with Gasteiger partial charge in [0.15, 0.2) is 0 Å². The van der Waals surface area contributed by atoms with Crippen LogP contribution in [0, 0.1) is 47.3 Å². The highest BCUT2D eigenvalue weighted by Crippen LogP contribution is 2.38. The van der Waals surface area contributed by atoms with Crippen molar-refractivity contribution < 1.29 is 53.1 Å². The van der Waals surface area contributed by atoms with E-state index in [-0.39, 0.29) is 78.7 Å². The van der Waals surface area contributed by atoms with Crippen molar-refractivity contribution in [2.24, 2.45) is 47.3 Å². The van der Waals surface area contributed by atoms with Crippen molar-refractivity contribution in [1.82, 2.24) is 4.90 Å². The van der Waals surface area contributed by atoms with E-state index < -0.39 is 59.6 Å². The van der Waals surface area contributed by atoms with Crippen LogP contribution in [0.25, 0.3) is 0 Å². The Morgan fingerprint density at radius 2 is 1.56 bits per heavy atom. The van der Waals surface area contributed by atoms with Crippen molar-refractivity contribution in [1.29, 1.82) is 0 Å². The molecule has 4 rings (SSSR count). The number of allylic oxidation sites excluding steroid dienone is 7. The van der Waals surface area contributed by atoms with Crippen LogP contribution in [0.1, 0.15) is 139 Å². The third-order valence-corrected chi connectivity index (χ3v) is 15.1. The lowest BCUT2D eigenvalue weighted by Gasteiger charge is -2.42. The van der Waals surface area contributed by atoms with Crippen LogP contribution >= 0.6 is 0 Å². The molecule has 0 spiro atoms. The number of fused-ring (bicyclic) bond motifs is 3. The molecule has 3 heterocycles. The van der Waals surface area contributed by atoms with Gasteiger partial charge < -0.3 is 34.1 Å². The summed E-state index contributed by atoms with van der Waals surface area (Å²) in [5.41, 5.74) is 1.85. The first-order valence-corrected chi connectivity index (χ1v) is 24.2. The second kappa shape index (κ2) is 24.5. The highest BCUT2D eigenvalue weighted by Gasteiger charge is 2.53. The number of aliphatic hydroxyl groups excluding tert-OH is 1. The molecule has 12 nitrogen and oxygen atoms in total. The molecule has 3 aliphatic heterocycles. The van der Waals surface area contributed by atoms with E-state index >= 15 is 0 Å². The van der Waals surface area contributed by atoms with Gasteiger partial charge >= 0.3 is 5.97 Å². The van der Waals surface area contributed by atoms with Gasteiger partial charge in [-0.2, -0.15) is 0 Å². The molecular weight excluding hydrogens is 815 g/mol. The number of ketones is 3. The Morgan fingerprint density at radius 1 is 0.844 bits per heavy atom. The van der Waals surface area contributed by atoms with Crippen LogP contribution in [0.3, 0.4) is 0 Å². The van der Waals surface area contributed by atoms with E-state index in [9.17, 15) is 34.2 Å². The van der Waals surface area contributed by atoms with Crippen LogP contribution < -0.4 is 0 Å². The number of amides is 1. The molecule has 1 aliphatic carbocycles. The van der Waals surface area contributed by atoms with Gasteiger partial charge in [-0.25, -0.2) is 4.79 Å². The summed E-state index contributed by atoms with van der Waals surface area (Å²) in [6, 6.07) is -1.09. The van der Waals surface area contributed by atoms with E-state index in [2.05, 4.69) is 13.0 Å². The molecule has 0 aromatic heterocycles. The number of carbonyl (C=O) groups is 5. The van der Waals surface area contributed by atoms with E-state index in [0.717, 1.165) is 17.6 Å². The number of rotatable bonds is 5. The fourth-order valence-corrected chi connectivity index (χ4v) is 10.3. The molecule has 3 fully saturated rings. The maximum Gasteiger partial charge on any atom is 0.329 e. The molecule has 360 valence electrons. The van der Waals surface area contributed by atoms with Crippen LogP contribution in [0.5, 0.6) is 0 Å². The first-order chi connectivity index (χ1) is 30.2. The Hall–Kier alpha value is -3.29. The maximum atomic E-state index is 14.4. The predicted molar refractivity (Wildman–Crippen MR) is 247 cm³/mol. The van der Waals surface area contributed by atoms with Gasteiger partial charge in [0.25, 0.3) is 11.7 Å². The van der Waals surface area contributed by atoms with Crippen molar-refractivity contribution in [2.45, 2.75) is 182 Å². The standard InChI is InChI=1S/C52H81NO11/c1-31-17-13-12-14-18-32(2)45(61-10)29-41-22-20-37(7)52(60,64-41)49(57)50(58)53-24-16-15-19-42(53)51(59)63-46(35(5)27-40-21-23-43(54)47(28-40)62-11)30-44(55)34(4)26-33(3)38(8)39(9)48(56)36(6)25-31/h12-14,17-18,26,31,34-43,45-47,54,60H,15-16,19-25,27-30H2,1-11H3/b14-12?,17-13+,32-18?,33-26+/t31-,34-,35-,36-,37-,38-,39-,40+,41+,42+,43-,45+,46+,47-,52-/m1/s1. The summed E-state index contributed by atoms with van der Waals surface area (Å²) in [4.78, 5) is 71.9. The smallest absolute Gasteiger partial charge is 0.329 e. The molecule has 2 bridgehead atoms. The van der Waals surface area contributed by atoms with Gasteiger partial charge in [-0.3, -0.25) is 19.2 Å². The molecule has 2 N–H and O–H groups in total. The minimum Gasteiger partial charge on any atom is -0.460 e. The van der Waals surface area contributed by atoms with Crippen molar-refractivity contribution >= 4 is 29.2 Å². The second-order valence-corrected chi connectivity index (χ2v) is 20.1. The summed E-state index contributed by atoms with van der Waals surface area (Å²) in [7, 11) is 3.19. The van der Waals surface area contributed by atoms with Crippen molar-refractivity contribution in [3.63, 3.8) is 0 Å². The number of aliphatic hydroxyl groups is 2. The van der Waals surface area contributed by atoms with Crippen LogP contribution in [-0.2, 0) is 42.9 Å². The number of cyclic esters (lactones) is 1. The highest BCUT2D eigenvalue weighted by molar-refractivity contribution is 6.39. The normalized spacial score (nSPS) is 39.5. The van der Waals surface area contributed by atoms with Gasteiger partial charge in [-0.1, -0.05) is 90.5 Å². The van der Waals surface area contributed by atoms with Gasteiger partial charge in [-0.15, -0.1) is 0 Å². The van der Waals surface area contributed by atoms with Crippen molar-refractivity contribution in [3.8, 4) is 0 Å². The van der Waals surface area contributed by atoms with Crippen LogP contribution in [0.15, 0.2) is 47.6 Å². The summed E-state index contributed by atoms with van der Waals surface area (Å²) in [6.45, 7) is 17.6. The number of methoxy groups -OCH3 is 2. The van der Waals surface area contributed by atoms with Crippen molar-refractivity contribution in [3.05, 3.63) is 47.6 Å². The number of Topliss-reactive ketones (excluding diaryl/α,β-unsaturated/α-hetero) is 3. The number of nitrogens with zero attached hydrogens (tertiary/aromatic N) is 1. The Morgan fingerprint density at radius 3 is 2.25 bits per heavy atom. The largest absolute Gasteiger partial charge is 0.460 e. The number of hydrogen-bond acceptors (Lipinski definition) is 11. The Balaban J connectivity index is 1.69. The zero-order valence-corrected chi connectivity index (χ0v) is 40.8. The number of carbonyl (C=O) groups excluding carboxylic acids is 5. The lowest BCUT2D eigenvalue weighted by Crippen LogP contribution is -2.61. The SMILES string of the molecule is CO[C@H]1C[C@@H]2CC[C@@H](C)[C@@](O)(O2)C(=O)C(=O)N2CCCC[C@H]2C(=O)O[C@H]([C@H](C)C[C@@H]2CC[C@@H](O)[C@H](OC)C2)CC(=O)[C@H](C)/C=C(\C)[C@@H](C)[C@@H](C)C(=O)[C@H](C)C[C@H](C)/C=C/C=CC=C1C. The molecular formula is C52H81NO11. The zero-order valence-electron chi connectivity index (χ0n) is 40.8. The molecule has 0 aromatic rings. The molecule has 4 aliphatic rings. The van der Waals surface area contributed by atoms with Gasteiger partial charge in [-0.05, 0) is 107 Å². The third kappa shape index (κ3) is 13.9. The first kappa shape index (κ1) is 53.3. The Bertz CT molecular complexity index is 1730. The maximum absolute atomic E-state index is 14.4. The molecule has 1 amide bonds. The average Bonchev–Trinajstić information content (AvgIpc) is 3.27. The Kier molecular flexibility index (Phi) is 20.4. The molecule has 0 radical (unpaired) electrons. The number of piperidine rings is 1. The van der Waals surface area contributed by atoms with Crippen molar-refractivity contribution in [2.75, 3.05) is 20.8 Å². The third-order valence-electron chi connectivity index (χ3n) is 15.1. The Labute approximate surface area is 383 Å². The molecule has 12 heteroatoms. The van der Waals surface area contributed by atoms with E-state index in [1.807, 2.05) is 78.8 Å². The predicted octanol–water partition coefficient (Wildman–Crippen LogP) is 8.08. The second-order valence-electron chi connectivity index (χ2n) is 20.1. The summed E-state index contributed by atoms with van der Waals surface area (Å²) in [6.07, 6.45) is 15.1. The molecule has 1 saturated carbocycles. The molecule has 0 unspecified atom stereocenters. The van der Waals surface area contributed by atoms with Gasteiger partial charge in [0, 0.05) is 57.3 Å². The van der Waals surface area contributed by atoms with E-state index in [0.29, 0.717) is 57.8 Å². The summed E-state index contributed by atoms with van der Waals surface area (Å²) in [5.74, 6) is -6.83. The van der Waals surface area contributed by atoms with Gasteiger partial charge in [0.05, 0.1) is 24.4 Å². The monoisotopic (exact) mass is 896 g/mol.